The molecule has 1 aromatic rings. The summed E-state index contributed by atoms with van der Waals surface area (Å²) < 4.78 is 26.2. The highest BCUT2D eigenvalue weighted by Gasteiger charge is 2.19. The van der Waals surface area contributed by atoms with Crippen LogP contribution in [0.4, 0.5) is 0 Å². The quantitative estimate of drug-likeness (QED) is 0.868. The smallest absolute Gasteiger partial charge is 0.211 e. The third-order valence-corrected chi connectivity index (χ3v) is 3.96. The Balaban J connectivity index is 3.36. The number of hydrogen-bond acceptors (Lipinski definition) is 3. The van der Waals surface area contributed by atoms with Gasteiger partial charge in [-0.1, -0.05) is 32.4 Å². The Kier molecular flexibility index (Phi) is 4.67. The maximum atomic E-state index is 11.9. The van der Waals surface area contributed by atoms with E-state index in [0.29, 0.717) is 13.0 Å². The van der Waals surface area contributed by atoms with Gasteiger partial charge in [-0.25, -0.2) is 13.1 Å². The summed E-state index contributed by atoms with van der Waals surface area (Å²) in [5.41, 5.74) is 1.05. The second-order valence-corrected chi connectivity index (χ2v) is 5.39. The molecule has 5 heteroatoms. The van der Waals surface area contributed by atoms with Gasteiger partial charge in [0, 0.05) is 6.54 Å². The molecule has 0 amide bonds. The Morgan fingerprint density at radius 1 is 1.35 bits per heavy atom. The van der Waals surface area contributed by atoms with Crippen LogP contribution >= 0.6 is 0 Å². The number of nitriles is 1. The Morgan fingerprint density at radius 2 is 2.06 bits per heavy atom. The third-order valence-electron chi connectivity index (χ3n) is 2.37. The van der Waals surface area contributed by atoms with E-state index in [-0.39, 0.29) is 10.5 Å². The zero-order chi connectivity index (χ0) is 12.9. The first-order valence-electron chi connectivity index (χ1n) is 5.58. The van der Waals surface area contributed by atoms with E-state index in [1.165, 1.54) is 6.07 Å². The maximum Gasteiger partial charge on any atom is 0.241 e. The van der Waals surface area contributed by atoms with Gasteiger partial charge in [0.05, 0.1) is 5.56 Å². The summed E-state index contributed by atoms with van der Waals surface area (Å²) in [5.74, 6) is 0. The molecule has 0 aliphatic heterocycles. The molecule has 0 unspecified atom stereocenters. The molecule has 0 radical (unpaired) electrons. The molecule has 0 aromatic heterocycles. The van der Waals surface area contributed by atoms with E-state index in [9.17, 15) is 8.42 Å². The molecule has 1 rings (SSSR count). The molecule has 17 heavy (non-hydrogen) atoms. The van der Waals surface area contributed by atoms with Crippen LogP contribution in [-0.4, -0.2) is 15.0 Å². The summed E-state index contributed by atoms with van der Waals surface area (Å²) in [5, 5.41) is 9.12. The van der Waals surface area contributed by atoms with Gasteiger partial charge in [-0.3, -0.25) is 0 Å². The van der Waals surface area contributed by atoms with E-state index in [1.54, 1.807) is 19.1 Å². The Bertz CT molecular complexity index is 530. The normalized spacial score (nSPS) is 11.1. The average Bonchev–Trinajstić information content (AvgIpc) is 2.29. The van der Waals surface area contributed by atoms with Crippen LogP contribution < -0.4 is 4.72 Å². The number of nitrogens with one attached hydrogen (secondary N) is 1. The lowest BCUT2D eigenvalue weighted by Gasteiger charge is -2.09. The molecule has 0 saturated heterocycles. The van der Waals surface area contributed by atoms with Gasteiger partial charge in [0.15, 0.2) is 0 Å². The van der Waals surface area contributed by atoms with Crippen molar-refractivity contribution in [1.82, 2.24) is 4.72 Å². The van der Waals surface area contributed by atoms with Gasteiger partial charge in [-0.15, -0.1) is 0 Å². The minimum Gasteiger partial charge on any atom is -0.211 e. The van der Waals surface area contributed by atoms with Gasteiger partial charge >= 0.3 is 0 Å². The molecule has 1 N–H and O–H groups in total. The first kappa shape index (κ1) is 13.7. The van der Waals surface area contributed by atoms with Gasteiger partial charge in [0.25, 0.3) is 0 Å². The van der Waals surface area contributed by atoms with Crippen molar-refractivity contribution in [1.29, 1.82) is 5.26 Å². The lowest BCUT2D eigenvalue weighted by molar-refractivity contribution is 0.583. The maximum absolute atomic E-state index is 11.9. The van der Waals surface area contributed by atoms with Crippen molar-refractivity contribution < 1.29 is 8.42 Å². The van der Waals surface area contributed by atoms with Crippen molar-refractivity contribution >= 4 is 10.0 Å². The molecular formula is C12H16N2O2S. The summed E-state index contributed by atoms with van der Waals surface area (Å²) >= 11 is 0. The van der Waals surface area contributed by atoms with Crippen LogP contribution in [0.5, 0.6) is 0 Å². The van der Waals surface area contributed by atoms with E-state index in [4.69, 9.17) is 5.26 Å². The highest BCUT2D eigenvalue weighted by atomic mass is 32.2. The number of nitrogens with zero attached hydrogens (tertiary/aromatic N) is 1. The van der Waals surface area contributed by atoms with Crippen molar-refractivity contribution in [3.05, 3.63) is 29.3 Å². The Morgan fingerprint density at radius 3 is 2.59 bits per heavy atom. The lowest BCUT2D eigenvalue weighted by atomic mass is 10.0. The van der Waals surface area contributed by atoms with Crippen molar-refractivity contribution in [3.8, 4) is 6.07 Å². The molecule has 0 atom stereocenters. The summed E-state index contributed by atoms with van der Waals surface area (Å²) in [6.45, 7) is 4.01. The van der Waals surface area contributed by atoms with Crippen LogP contribution in [-0.2, 0) is 16.4 Å². The van der Waals surface area contributed by atoms with Gasteiger partial charge in [-0.05, 0) is 18.1 Å². The molecule has 0 aliphatic carbocycles. The average molecular weight is 252 g/mol. The van der Waals surface area contributed by atoms with E-state index >= 15 is 0 Å². The van der Waals surface area contributed by atoms with E-state index in [1.807, 2.05) is 13.0 Å². The standard InChI is InChI=1S/C12H16N2O2S/c1-3-6-10-7-5-8-12(11(10)9-13)17(15,16)14-4-2/h5,7-8,14H,3-4,6H2,1-2H3. The van der Waals surface area contributed by atoms with Crippen molar-refractivity contribution in [2.24, 2.45) is 0 Å². The fraction of sp³-hybridized carbons (Fsp3) is 0.417. The molecule has 0 saturated carbocycles. The summed E-state index contributed by atoms with van der Waals surface area (Å²) in [6.07, 6.45) is 1.58. The van der Waals surface area contributed by atoms with Crippen LogP contribution in [0.25, 0.3) is 0 Å². The van der Waals surface area contributed by atoms with Crippen LogP contribution in [0, 0.1) is 11.3 Å². The van der Waals surface area contributed by atoms with Crippen molar-refractivity contribution in [3.63, 3.8) is 0 Å². The van der Waals surface area contributed by atoms with Gasteiger partial charge in [-0.2, -0.15) is 5.26 Å². The molecule has 0 aliphatic rings. The zero-order valence-corrected chi connectivity index (χ0v) is 10.8. The number of sulfonamides is 1. The molecule has 1 aromatic carbocycles. The minimum absolute atomic E-state index is 0.0767. The second-order valence-electron chi connectivity index (χ2n) is 3.65. The summed E-state index contributed by atoms with van der Waals surface area (Å²) in [4.78, 5) is 0.0767. The minimum atomic E-state index is -3.57. The molecule has 0 bridgehead atoms. The molecule has 92 valence electrons. The topological polar surface area (TPSA) is 70.0 Å². The SMILES string of the molecule is CCCc1cccc(S(=O)(=O)NCC)c1C#N. The number of hydrogen-bond donors (Lipinski definition) is 1. The number of rotatable bonds is 5. The van der Waals surface area contributed by atoms with Gasteiger partial charge < -0.3 is 0 Å². The van der Waals surface area contributed by atoms with Gasteiger partial charge in [0.1, 0.15) is 11.0 Å². The molecule has 0 heterocycles. The van der Waals surface area contributed by atoms with Crippen LogP contribution in [0.2, 0.25) is 0 Å². The zero-order valence-electron chi connectivity index (χ0n) is 10.0. The van der Waals surface area contributed by atoms with Crippen molar-refractivity contribution in [2.45, 2.75) is 31.6 Å². The second kappa shape index (κ2) is 5.80. The van der Waals surface area contributed by atoms with Gasteiger partial charge in [0.2, 0.25) is 10.0 Å². The third kappa shape index (κ3) is 3.05. The molecule has 0 spiro atoms. The first-order valence-corrected chi connectivity index (χ1v) is 7.06. The van der Waals surface area contributed by atoms with Crippen LogP contribution in [0.15, 0.2) is 23.1 Å². The van der Waals surface area contributed by atoms with E-state index < -0.39 is 10.0 Å². The predicted octanol–water partition coefficient (Wildman–Crippen LogP) is 1.81. The highest BCUT2D eigenvalue weighted by Crippen LogP contribution is 2.20. The first-order chi connectivity index (χ1) is 8.06. The fourth-order valence-electron chi connectivity index (χ4n) is 1.67. The lowest BCUT2D eigenvalue weighted by Crippen LogP contribution is -2.24. The Hall–Kier alpha value is -1.38. The fourth-order valence-corrected chi connectivity index (χ4v) is 2.91. The molecule has 0 fully saturated rings. The monoisotopic (exact) mass is 252 g/mol. The molecule has 4 nitrogen and oxygen atoms in total. The van der Waals surface area contributed by atoms with E-state index in [2.05, 4.69) is 4.72 Å². The Labute approximate surface area is 102 Å². The molecular weight excluding hydrogens is 236 g/mol. The number of aryl methyl sites for hydroxylation is 1. The highest BCUT2D eigenvalue weighted by molar-refractivity contribution is 7.89. The number of benzene rings is 1. The summed E-state index contributed by atoms with van der Waals surface area (Å²) in [7, 11) is -3.57. The van der Waals surface area contributed by atoms with Crippen LogP contribution in [0.3, 0.4) is 0 Å². The summed E-state index contributed by atoms with van der Waals surface area (Å²) in [6, 6.07) is 6.94. The van der Waals surface area contributed by atoms with Crippen molar-refractivity contribution in [2.75, 3.05) is 6.54 Å². The van der Waals surface area contributed by atoms with E-state index in [0.717, 1.165) is 12.0 Å². The predicted molar refractivity (Wildman–Crippen MR) is 66.0 cm³/mol. The largest absolute Gasteiger partial charge is 0.241 e. The van der Waals surface area contributed by atoms with Crippen LogP contribution in [0.1, 0.15) is 31.4 Å².